The lowest BCUT2D eigenvalue weighted by Crippen LogP contribution is -2.48. The summed E-state index contributed by atoms with van der Waals surface area (Å²) in [5.41, 5.74) is 8.95. The molecule has 1 atom stereocenters. The van der Waals surface area contributed by atoms with Gasteiger partial charge in [0.05, 0.1) is 30.5 Å². The first kappa shape index (κ1) is 23.8. The second-order valence-corrected chi connectivity index (χ2v) is 10.3. The van der Waals surface area contributed by atoms with Gasteiger partial charge < -0.3 is 25.2 Å². The van der Waals surface area contributed by atoms with Crippen LogP contribution in [-0.4, -0.2) is 92.3 Å². The van der Waals surface area contributed by atoms with Crippen molar-refractivity contribution < 1.29 is 9.53 Å². The van der Waals surface area contributed by atoms with Crippen LogP contribution in [-0.2, 0) is 16.1 Å². The van der Waals surface area contributed by atoms with Gasteiger partial charge in [-0.05, 0) is 32.6 Å². The summed E-state index contributed by atoms with van der Waals surface area (Å²) in [6, 6.07) is 0.152. The number of nitrogens with zero attached hydrogens (tertiary/aromatic N) is 9. The maximum Gasteiger partial charge on any atom is 0.220 e. The molecule has 1 aliphatic carbocycles. The van der Waals surface area contributed by atoms with Crippen molar-refractivity contribution in [3.05, 3.63) is 11.9 Å². The number of aryl methyl sites for hydroxylation is 1. The number of morpholine rings is 1. The summed E-state index contributed by atoms with van der Waals surface area (Å²) >= 11 is 0. The topological polar surface area (TPSA) is 131 Å². The van der Waals surface area contributed by atoms with E-state index in [-0.39, 0.29) is 17.9 Å². The van der Waals surface area contributed by atoms with Crippen LogP contribution in [0.25, 0.3) is 22.6 Å². The molecule has 1 amide bonds. The first-order valence-electron chi connectivity index (χ1n) is 13.1. The van der Waals surface area contributed by atoms with E-state index >= 15 is 0 Å². The Labute approximate surface area is 215 Å². The molecule has 0 bridgehead atoms. The van der Waals surface area contributed by atoms with Crippen LogP contribution >= 0.6 is 0 Å². The number of hydrogen-bond acceptors (Lipinski definition) is 10. The van der Waals surface area contributed by atoms with Crippen LogP contribution in [0.5, 0.6) is 0 Å². The van der Waals surface area contributed by atoms with E-state index in [1.165, 1.54) is 12.8 Å². The largest absolute Gasteiger partial charge is 0.377 e. The highest BCUT2D eigenvalue weighted by molar-refractivity contribution is 5.88. The molecule has 0 spiro atoms. The summed E-state index contributed by atoms with van der Waals surface area (Å²) in [6.45, 7) is 11.4. The molecule has 2 saturated heterocycles. The van der Waals surface area contributed by atoms with Crippen LogP contribution in [0.15, 0.2) is 6.20 Å². The van der Waals surface area contributed by atoms with E-state index in [1.54, 1.807) is 13.1 Å². The fourth-order valence-corrected chi connectivity index (χ4v) is 5.23. The van der Waals surface area contributed by atoms with Crippen molar-refractivity contribution >= 4 is 34.8 Å². The fraction of sp³-hybridized carbons (Fsp3) is 0.600. The molecule has 2 aliphatic heterocycles. The second-order valence-electron chi connectivity index (χ2n) is 10.3. The van der Waals surface area contributed by atoms with E-state index in [0.29, 0.717) is 38.0 Å². The summed E-state index contributed by atoms with van der Waals surface area (Å²) in [5, 5.41) is 0. The van der Waals surface area contributed by atoms with Gasteiger partial charge in [0.1, 0.15) is 0 Å². The van der Waals surface area contributed by atoms with E-state index in [4.69, 9.17) is 25.4 Å². The van der Waals surface area contributed by atoms with Crippen LogP contribution in [0.1, 0.15) is 32.4 Å². The number of nitrogen functional groups attached to an aromatic ring is 1. The molecule has 0 radical (unpaired) electrons. The molecular weight excluding hydrogens is 472 g/mol. The van der Waals surface area contributed by atoms with Crippen molar-refractivity contribution in [3.63, 3.8) is 0 Å². The number of carbonyl (C=O) groups is 1. The number of hydrogen-bond donors (Lipinski definition) is 1. The van der Waals surface area contributed by atoms with Crippen molar-refractivity contribution in [3.8, 4) is 11.4 Å². The average Bonchev–Trinajstić information content (AvgIpc) is 3.63. The Morgan fingerprint density at radius 1 is 1.11 bits per heavy atom. The highest BCUT2D eigenvalue weighted by Crippen LogP contribution is 2.37. The zero-order valence-corrected chi connectivity index (χ0v) is 21.7. The number of imidazole rings is 1. The summed E-state index contributed by atoms with van der Waals surface area (Å²) in [7, 11) is 0. The standard InChI is InChI=1S/C25H34N10O2/c1-15-14-37-11-10-34(15)22-20-23(31-21(30-22)19-12-27-24(26)28-16(19)2)35(13-18-4-5-18)25(29-20)33-8-6-32(7-9-33)17(3)36/h12,15,18H,4-11,13-14H2,1-3H3,(H2,26,27,28)/t15-/m0/s1. The molecule has 3 aromatic heterocycles. The number of ether oxygens (including phenoxy) is 1. The molecular formula is C25H34N10O2. The molecule has 12 heteroatoms. The minimum absolute atomic E-state index is 0.117. The number of piperazine rings is 1. The molecule has 3 fully saturated rings. The second kappa shape index (κ2) is 9.40. The van der Waals surface area contributed by atoms with Gasteiger partial charge in [0.15, 0.2) is 22.8 Å². The third kappa shape index (κ3) is 4.54. The Morgan fingerprint density at radius 3 is 2.57 bits per heavy atom. The lowest BCUT2D eigenvalue weighted by atomic mass is 10.2. The Bertz CT molecular complexity index is 1330. The van der Waals surface area contributed by atoms with E-state index < -0.39 is 0 Å². The van der Waals surface area contributed by atoms with E-state index in [1.807, 2.05) is 11.8 Å². The smallest absolute Gasteiger partial charge is 0.220 e. The van der Waals surface area contributed by atoms with Crippen LogP contribution in [0.3, 0.4) is 0 Å². The molecule has 0 unspecified atom stereocenters. The van der Waals surface area contributed by atoms with Crippen molar-refractivity contribution in [1.29, 1.82) is 0 Å². The first-order chi connectivity index (χ1) is 17.9. The molecule has 12 nitrogen and oxygen atoms in total. The summed E-state index contributed by atoms with van der Waals surface area (Å²) in [5.74, 6) is 3.26. The quantitative estimate of drug-likeness (QED) is 0.543. The molecule has 37 heavy (non-hydrogen) atoms. The molecule has 3 aliphatic rings. The third-order valence-electron chi connectivity index (χ3n) is 7.58. The lowest BCUT2D eigenvalue weighted by molar-refractivity contribution is -0.129. The minimum atomic E-state index is 0.117. The number of fused-ring (bicyclic) bond motifs is 1. The van der Waals surface area contributed by atoms with Crippen LogP contribution in [0.2, 0.25) is 0 Å². The highest BCUT2D eigenvalue weighted by Gasteiger charge is 2.32. The van der Waals surface area contributed by atoms with Crippen LogP contribution in [0, 0.1) is 12.8 Å². The van der Waals surface area contributed by atoms with Gasteiger partial charge in [0.25, 0.3) is 0 Å². The van der Waals surface area contributed by atoms with Gasteiger partial charge in [-0.2, -0.15) is 0 Å². The molecule has 2 N–H and O–H groups in total. The third-order valence-corrected chi connectivity index (χ3v) is 7.58. The van der Waals surface area contributed by atoms with Crippen molar-refractivity contribution in [2.75, 3.05) is 61.5 Å². The Hall–Kier alpha value is -3.54. The minimum Gasteiger partial charge on any atom is -0.377 e. The monoisotopic (exact) mass is 506 g/mol. The molecule has 0 aromatic carbocycles. The molecule has 5 heterocycles. The number of nitrogens with two attached hydrogens (primary N) is 1. The summed E-state index contributed by atoms with van der Waals surface area (Å²) < 4.78 is 7.99. The lowest BCUT2D eigenvalue weighted by Gasteiger charge is -2.35. The molecule has 1 saturated carbocycles. The van der Waals surface area contributed by atoms with Crippen LogP contribution < -0.4 is 15.5 Å². The van der Waals surface area contributed by atoms with Gasteiger partial charge in [-0.3, -0.25) is 9.36 Å². The first-order valence-corrected chi connectivity index (χ1v) is 13.1. The zero-order chi connectivity index (χ0) is 25.7. The predicted molar refractivity (Wildman–Crippen MR) is 140 cm³/mol. The average molecular weight is 507 g/mol. The fourth-order valence-electron chi connectivity index (χ4n) is 5.23. The Morgan fingerprint density at radius 2 is 1.89 bits per heavy atom. The number of carbonyl (C=O) groups excluding carboxylic acids is 1. The molecule has 3 aromatic rings. The van der Waals surface area contributed by atoms with Gasteiger partial charge in [0, 0.05) is 52.4 Å². The summed E-state index contributed by atoms with van der Waals surface area (Å²) in [6.07, 6.45) is 4.13. The van der Waals surface area contributed by atoms with Crippen molar-refractivity contribution in [2.24, 2.45) is 5.92 Å². The zero-order valence-electron chi connectivity index (χ0n) is 21.7. The highest BCUT2D eigenvalue weighted by atomic mass is 16.5. The van der Waals surface area contributed by atoms with E-state index in [2.05, 4.69) is 31.3 Å². The summed E-state index contributed by atoms with van der Waals surface area (Å²) in [4.78, 5) is 42.3. The molecule has 6 rings (SSSR count). The Kier molecular flexibility index (Phi) is 6.06. The normalized spacial score (nSPS) is 20.6. The van der Waals surface area contributed by atoms with E-state index in [0.717, 1.165) is 60.4 Å². The van der Waals surface area contributed by atoms with Crippen LogP contribution in [0.4, 0.5) is 17.7 Å². The maximum absolute atomic E-state index is 11.9. The predicted octanol–water partition coefficient (Wildman–Crippen LogP) is 1.48. The number of amides is 1. The number of anilines is 3. The van der Waals surface area contributed by atoms with Gasteiger partial charge in [0.2, 0.25) is 17.8 Å². The number of aromatic nitrogens is 6. The van der Waals surface area contributed by atoms with Gasteiger partial charge in [-0.15, -0.1) is 0 Å². The number of rotatable bonds is 5. The van der Waals surface area contributed by atoms with Crippen molar-refractivity contribution in [1.82, 2.24) is 34.4 Å². The Balaban J connectivity index is 1.51. The van der Waals surface area contributed by atoms with Gasteiger partial charge >= 0.3 is 0 Å². The van der Waals surface area contributed by atoms with Crippen molar-refractivity contribution in [2.45, 2.75) is 46.2 Å². The molecule has 196 valence electrons. The van der Waals surface area contributed by atoms with Gasteiger partial charge in [-0.25, -0.2) is 24.9 Å². The van der Waals surface area contributed by atoms with Gasteiger partial charge in [-0.1, -0.05) is 0 Å². The SMILES string of the molecule is CC(=O)N1CCN(c2nc3c(N4CCOC[C@@H]4C)nc(-c4cnc(N)nc4C)nc3n2CC2CC2)CC1. The maximum atomic E-state index is 11.9. The van der Waals surface area contributed by atoms with E-state index in [9.17, 15) is 4.79 Å².